The fraction of sp³-hybridized carbons (Fsp3) is 1.00. The number of likely N-dealkylation sites (tertiary alicyclic amines) is 1. The van der Waals surface area contributed by atoms with Gasteiger partial charge in [0.05, 0.1) is 0 Å². The molecule has 1 nitrogen and oxygen atoms in total. The van der Waals surface area contributed by atoms with Crippen molar-refractivity contribution in [2.75, 3.05) is 19.5 Å². The van der Waals surface area contributed by atoms with Crippen molar-refractivity contribution in [3.63, 3.8) is 0 Å². The molecule has 1 aliphatic heterocycles. The van der Waals surface area contributed by atoms with E-state index in [9.17, 15) is 12.9 Å². The zero-order chi connectivity index (χ0) is 9.90. The highest BCUT2D eigenvalue weighted by Crippen LogP contribution is 2.19. The van der Waals surface area contributed by atoms with Crippen LogP contribution in [0.2, 0.25) is 0 Å². The predicted molar refractivity (Wildman–Crippen MR) is 48.5 cm³/mol. The molecule has 0 aromatic heterocycles. The van der Waals surface area contributed by atoms with E-state index in [0.717, 1.165) is 19.3 Å². The Morgan fingerprint density at radius 2 is 1.92 bits per heavy atom. The van der Waals surface area contributed by atoms with Crippen LogP contribution < -0.4 is 0 Å². The normalized spacial score (nSPS) is 27.2. The number of halogens is 3. The summed E-state index contributed by atoms with van der Waals surface area (Å²) in [4.78, 5) is 1.55. The highest BCUT2D eigenvalue weighted by molar-refractivity contribution is 6.58. The standard InChI is InChI=1S/C8H16BF3N/c1-8-3-2-5-13(6-4-8)7-9(10,11)12/h8H,2-7H2,1H3/q-1. The molecule has 0 amide bonds. The molecule has 0 radical (unpaired) electrons. The maximum absolute atomic E-state index is 12.1. The number of hydrogen-bond donors (Lipinski definition) is 0. The van der Waals surface area contributed by atoms with Gasteiger partial charge in [0.1, 0.15) is 0 Å². The fourth-order valence-corrected chi connectivity index (χ4v) is 1.80. The van der Waals surface area contributed by atoms with E-state index in [2.05, 4.69) is 6.92 Å². The third kappa shape index (κ3) is 4.55. The summed E-state index contributed by atoms with van der Waals surface area (Å²) in [6.45, 7) is -1.29. The summed E-state index contributed by atoms with van der Waals surface area (Å²) < 4.78 is 36.3. The number of hydrogen-bond acceptors (Lipinski definition) is 1. The van der Waals surface area contributed by atoms with Gasteiger partial charge in [0.2, 0.25) is 0 Å². The van der Waals surface area contributed by atoms with E-state index in [1.165, 1.54) is 0 Å². The van der Waals surface area contributed by atoms with Crippen molar-refractivity contribution in [1.29, 1.82) is 0 Å². The minimum Gasteiger partial charge on any atom is -0.448 e. The highest BCUT2D eigenvalue weighted by Gasteiger charge is 2.27. The number of nitrogens with zero attached hydrogens (tertiary/aromatic N) is 1. The van der Waals surface area contributed by atoms with Crippen molar-refractivity contribution < 1.29 is 12.9 Å². The van der Waals surface area contributed by atoms with Crippen LogP contribution in [0, 0.1) is 5.92 Å². The van der Waals surface area contributed by atoms with E-state index in [1.54, 1.807) is 4.90 Å². The van der Waals surface area contributed by atoms with Gasteiger partial charge in [-0.3, -0.25) is 0 Å². The molecular formula is C8H16BF3N-. The fourth-order valence-electron chi connectivity index (χ4n) is 1.80. The van der Waals surface area contributed by atoms with Crippen LogP contribution in [0.15, 0.2) is 0 Å². The Morgan fingerprint density at radius 1 is 1.23 bits per heavy atom. The first-order valence-electron chi connectivity index (χ1n) is 4.91. The largest absolute Gasteiger partial charge is 0.492 e. The first kappa shape index (κ1) is 10.9. The molecule has 0 aliphatic carbocycles. The molecule has 13 heavy (non-hydrogen) atoms. The molecule has 1 fully saturated rings. The molecule has 78 valence electrons. The maximum Gasteiger partial charge on any atom is 0.492 e. The molecule has 0 spiro atoms. The van der Waals surface area contributed by atoms with Gasteiger partial charge >= 0.3 is 6.98 Å². The molecular weight excluding hydrogens is 178 g/mol. The second kappa shape index (κ2) is 4.35. The van der Waals surface area contributed by atoms with Gasteiger partial charge in [-0.05, 0) is 44.7 Å². The summed E-state index contributed by atoms with van der Waals surface area (Å²) in [5, 5.41) is 0. The van der Waals surface area contributed by atoms with Crippen molar-refractivity contribution in [2.24, 2.45) is 5.92 Å². The lowest BCUT2D eigenvalue weighted by molar-refractivity contribution is 0.285. The Balaban J connectivity index is 2.34. The van der Waals surface area contributed by atoms with Gasteiger partial charge < -0.3 is 17.8 Å². The summed E-state index contributed by atoms with van der Waals surface area (Å²) in [5.74, 6) is 0.589. The molecule has 1 aliphatic rings. The van der Waals surface area contributed by atoms with Crippen molar-refractivity contribution in [3.8, 4) is 0 Å². The summed E-state index contributed by atoms with van der Waals surface area (Å²) in [5.41, 5.74) is 0. The quantitative estimate of drug-likeness (QED) is 0.610. The van der Waals surface area contributed by atoms with E-state index in [4.69, 9.17) is 0 Å². The molecule has 0 saturated carbocycles. The molecule has 0 N–H and O–H groups in total. The lowest BCUT2D eigenvalue weighted by Gasteiger charge is -2.26. The lowest BCUT2D eigenvalue weighted by Crippen LogP contribution is -2.38. The SMILES string of the molecule is CC1CCCN(C[B-](F)(F)F)CC1. The monoisotopic (exact) mass is 194 g/mol. The molecule has 1 atom stereocenters. The smallest absolute Gasteiger partial charge is 0.448 e. The van der Waals surface area contributed by atoms with Crippen LogP contribution in [0.1, 0.15) is 26.2 Å². The highest BCUT2D eigenvalue weighted by atomic mass is 19.4. The van der Waals surface area contributed by atoms with Crippen LogP contribution in [-0.4, -0.2) is 31.4 Å². The summed E-state index contributed by atoms with van der Waals surface area (Å²) in [7, 11) is 0. The molecule has 0 aromatic rings. The minimum atomic E-state index is -4.63. The Kier molecular flexibility index (Phi) is 3.65. The number of rotatable bonds is 2. The molecule has 1 saturated heterocycles. The summed E-state index contributed by atoms with van der Waals surface area (Å²) >= 11 is 0. The summed E-state index contributed by atoms with van der Waals surface area (Å²) in [6, 6.07) is 0. The Morgan fingerprint density at radius 3 is 2.54 bits per heavy atom. The molecule has 1 rings (SSSR count). The van der Waals surface area contributed by atoms with E-state index < -0.39 is 13.4 Å². The molecule has 1 heterocycles. The predicted octanol–water partition coefficient (Wildman–Crippen LogP) is 2.50. The van der Waals surface area contributed by atoms with E-state index >= 15 is 0 Å². The van der Waals surface area contributed by atoms with E-state index in [0.29, 0.717) is 19.0 Å². The van der Waals surface area contributed by atoms with Crippen LogP contribution in [0.3, 0.4) is 0 Å². The Hall–Kier alpha value is -0.185. The van der Waals surface area contributed by atoms with Gasteiger partial charge in [-0.15, -0.1) is 0 Å². The average Bonchev–Trinajstić information content (AvgIpc) is 2.12. The average molecular weight is 194 g/mol. The van der Waals surface area contributed by atoms with Crippen molar-refractivity contribution >= 4 is 6.98 Å². The topological polar surface area (TPSA) is 3.24 Å². The van der Waals surface area contributed by atoms with Crippen LogP contribution in [0.4, 0.5) is 12.9 Å². The van der Waals surface area contributed by atoms with Crippen LogP contribution in [0.5, 0.6) is 0 Å². The van der Waals surface area contributed by atoms with Crippen molar-refractivity contribution in [3.05, 3.63) is 0 Å². The van der Waals surface area contributed by atoms with Crippen LogP contribution in [0.25, 0.3) is 0 Å². The van der Waals surface area contributed by atoms with Crippen molar-refractivity contribution in [2.45, 2.75) is 26.2 Å². The van der Waals surface area contributed by atoms with E-state index in [-0.39, 0.29) is 0 Å². The van der Waals surface area contributed by atoms with Gasteiger partial charge in [0.25, 0.3) is 0 Å². The third-order valence-corrected chi connectivity index (χ3v) is 2.57. The molecule has 0 bridgehead atoms. The summed E-state index contributed by atoms with van der Waals surface area (Å²) in [6.07, 6.45) is 2.22. The van der Waals surface area contributed by atoms with Gasteiger partial charge in [0, 0.05) is 0 Å². The molecule has 1 unspecified atom stereocenters. The van der Waals surface area contributed by atoms with Gasteiger partial charge in [-0.25, -0.2) is 0 Å². The first-order chi connectivity index (χ1) is 5.97. The molecule has 5 heteroatoms. The minimum absolute atomic E-state index is 0.589. The lowest BCUT2D eigenvalue weighted by atomic mass is 9.91. The van der Waals surface area contributed by atoms with Gasteiger partial charge in [0.15, 0.2) is 0 Å². The molecule has 0 aromatic carbocycles. The van der Waals surface area contributed by atoms with E-state index in [1.807, 2.05) is 0 Å². The van der Waals surface area contributed by atoms with Crippen LogP contribution in [-0.2, 0) is 0 Å². The maximum atomic E-state index is 12.1. The zero-order valence-electron chi connectivity index (χ0n) is 7.98. The second-order valence-electron chi connectivity index (χ2n) is 4.05. The third-order valence-electron chi connectivity index (χ3n) is 2.57. The first-order valence-corrected chi connectivity index (χ1v) is 4.91. The Labute approximate surface area is 77.4 Å². The van der Waals surface area contributed by atoms with Gasteiger partial charge in [-0.1, -0.05) is 6.92 Å². The second-order valence-corrected chi connectivity index (χ2v) is 4.05. The van der Waals surface area contributed by atoms with Crippen LogP contribution >= 0.6 is 0 Å². The van der Waals surface area contributed by atoms with Gasteiger partial charge in [-0.2, -0.15) is 0 Å². The van der Waals surface area contributed by atoms with Crippen molar-refractivity contribution in [1.82, 2.24) is 4.90 Å². The zero-order valence-corrected chi connectivity index (χ0v) is 7.98. The Bertz CT molecular complexity index is 160.